The molecule has 1 aromatic heterocycles. The van der Waals surface area contributed by atoms with Crippen molar-refractivity contribution >= 4 is 6.21 Å². The maximum absolute atomic E-state index is 5.87. The van der Waals surface area contributed by atoms with E-state index in [1.54, 1.807) is 19.6 Å². The Morgan fingerprint density at radius 1 is 1.07 bits per heavy atom. The predicted molar refractivity (Wildman–Crippen MR) is 105 cm³/mol. The maximum Gasteiger partial charge on any atom is 0.134 e. The molecule has 0 saturated carbocycles. The molecule has 2 aromatic carbocycles. The zero-order chi connectivity index (χ0) is 18.5. The first-order valence-electron chi connectivity index (χ1n) is 8.85. The largest absolute Gasteiger partial charge is 0.489 e. The van der Waals surface area contributed by atoms with Crippen LogP contribution in [0.15, 0.2) is 84.4 Å². The monoisotopic (exact) mass is 359 g/mol. The Bertz CT molecular complexity index is 945. The minimum atomic E-state index is -0.555. The fourth-order valence-electron chi connectivity index (χ4n) is 3.18. The van der Waals surface area contributed by atoms with Crippen LogP contribution in [0.1, 0.15) is 17.7 Å². The van der Waals surface area contributed by atoms with E-state index < -0.39 is 5.60 Å². The van der Waals surface area contributed by atoms with Crippen molar-refractivity contribution in [1.82, 2.24) is 9.55 Å². The SMILES string of the molecule is COC1(c2cncn2-c2ccc(OCc3ccccc3)cc2)C=CN=CC1. The lowest BCUT2D eigenvalue weighted by atomic mass is 9.94. The highest BCUT2D eigenvalue weighted by Crippen LogP contribution is 2.33. The van der Waals surface area contributed by atoms with E-state index >= 15 is 0 Å². The van der Waals surface area contributed by atoms with Crippen molar-refractivity contribution in [2.24, 2.45) is 4.99 Å². The first kappa shape index (κ1) is 17.2. The van der Waals surface area contributed by atoms with Gasteiger partial charge in [-0.15, -0.1) is 0 Å². The molecule has 27 heavy (non-hydrogen) atoms. The fourth-order valence-corrected chi connectivity index (χ4v) is 3.18. The average Bonchev–Trinajstić information content (AvgIpc) is 3.24. The molecule has 1 unspecified atom stereocenters. The maximum atomic E-state index is 5.87. The van der Waals surface area contributed by atoms with Gasteiger partial charge in [0.05, 0.1) is 18.2 Å². The molecule has 0 N–H and O–H groups in total. The van der Waals surface area contributed by atoms with E-state index in [1.165, 1.54) is 0 Å². The average molecular weight is 359 g/mol. The van der Waals surface area contributed by atoms with E-state index in [1.807, 2.05) is 65.5 Å². The number of aliphatic imine (C=N–C) groups is 1. The summed E-state index contributed by atoms with van der Waals surface area (Å²) in [6.45, 7) is 0.549. The van der Waals surface area contributed by atoms with E-state index in [-0.39, 0.29) is 0 Å². The third-order valence-corrected chi connectivity index (χ3v) is 4.73. The lowest BCUT2D eigenvalue weighted by Crippen LogP contribution is -2.30. The number of nitrogens with zero attached hydrogens (tertiary/aromatic N) is 3. The number of methoxy groups -OCH3 is 1. The van der Waals surface area contributed by atoms with Crippen molar-refractivity contribution in [2.75, 3.05) is 7.11 Å². The van der Waals surface area contributed by atoms with Gasteiger partial charge in [0.25, 0.3) is 0 Å². The van der Waals surface area contributed by atoms with Gasteiger partial charge in [0.2, 0.25) is 0 Å². The topological polar surface area (TPSA) is 48.6 Å². The van der Waals surface area contributed by atoms with Crippen LogP contribution in [0.5, 0.6) is 5.75 Å². The molecule has 2 heterocycles. The first-order chi connectivity index (χ1) is 13.3. The number of rotatable bonds is 6. The molecule has 0 fully saturated rings. The predicted octanol–water partition coefficient (Wildman–Crippen LogP) is 4.28. The van der Waals surface area contributed by atoms with Crippen molar-refractivity contribution in [3.63, 3.8) is 0 Å². The summed E-state index contributed by atoms with van der Waals surface area (Å²) >= 11 is 0. The van der Waals surface area contributed by atoms with Gasteiger partial charge < -0.3 is 9.47 Å². The molecule has 4 rings (SSSR count). The van der Waals surface area contributed by atoms with E-state index in [0.717, 1.165) is 22.7 Å². The summed E-state index contributed by atoms with van der Waals surface area (Å²) in [7, 11) is 1.71. The highest BCUT2D eigenvalue weighted by molar-refractivity contribution is 5.63. The third-order valence-electron chi connectivity index (χ3n) is 4.73. The second-order valence-corrected chi connectivity index (χ2v) is 6.36. The van der Waals surface area contributed by atoms with Gasteiger partial charge in [-0.2, -0.15) is 0 Å². The van der Waals surface area contributed by atoms with Crippen LogP contribution < -0.4 is 4.74 Å². The van der Waals surface area contributed by atoms with Crippen molar-refractivity contribution in [2.45, 2.75) is 18.6 Å². The molecule has 0 saturated heterocycles. The van der Waals surface area contributed by atoms with Crippen LogP contribution >= 0.6 is 0 Å². The summed E-state index contributed by atoms with van der Waals surface area (Å²) in [6.07, 6.45) is 9.91. The minimum absolute atomic E-state index is 0.549. The highest BCUT2D eigenvalue weighted by atomic mass is 16.5. The molecule has 0 radical (unpaired) electrons. The van der Waals surface area contributed by atoms with E-state index in [0.29, 0.717) is 13.0 Å². The Kier molecular flexibility index (Phi) is 4.85. The van der Waals surface area contributed by atoms with Gasteiger partial charge in [0.1, 0.15) is 18.0 Å². The van der Waals surface area contributed by atoms with Crippen LogP contribution in [-0.4, -0.2) is 22.9 Å². The van der Waals surface area contributed by atoms with Crippen molar-refractivity contribution in [3.05, 3.63) is 90.7 Å². The molecule has 0 amide bonds. The van der Waals surface area contributed by atoms with Gasteiger partial charge in [-0.3, -0.25) is 9.56 Å². The van der Waals surface area contributed by atoms with Gasteiger partial charge in [-0.25, -0.2) is 4.98 Å². The van der Waals surface area contributed by atoms with Gasteiger partial charge in [-0.1, -0.05) is 30.3 Å². The van der Waals surface area contributed by atoms with Crippen LogP contribution in [0.4, 0.5) is 0 Å². The highest BCUT2D eigenvalue weighted by Gasteiger charge is 2.33. The lowest BCUT2D eigenvalue weighted by molar-refractivity contribution is 0.0302. The summed E-state index contributed by atoms with van der Waals surface area (Å²) in [5.41, 5.74) is 2.55. The zero-order valence-electron chi connectivity index (χ0n) is 15.2. The van der Waals surface area contributed by atoms with Crippen LogP contribution in [-0.2, 0) is 16.9 Å². The van der Waals surface area contributed by atoms with Gasteiger partial charge in [0, 0.05) is 31.6 Å². The Labute approximate surface area is 158 Å². The standard InChI is InChI=1S/C22H21N3O2/c1-26-22(11-13-23-14-12-22)21-15-24-17-25(21)19-7-9-20(10-8-19)27-16-18-5-3-2-4-6-18/h2-11,13-15,17H,12,16H2,1H3. The second kappa shape index (κ2) is 7.60. The van der Waals surface area contributed by atoms with Crippen LogP contribution in [0.3, 0.4) is 0 Å². The van der Waals surface area contributed by atoms with Gasteiger partial charge in [-0.05, 0) is 35.9 Å². The number of aromatic nitrogens is 2. The quantitative estimate of drug-likeness (QED) is 0.660. The van der Waals surface area contributed by atoms with Crippen LogP contribution in [0, 0.1) is 0 Å². The molecule has 5 nitrogen and oxygen atoms in total. The van der Waals surface area contributed by atoms with Crippen molar-refractivity contribution in [3.8, 4) is 11.4 Å². The van der Waals surface area contributed by atoms with Crippen molar-refractivity contribution in [1.29, 1.82) is 0 Å². The first-order valence-corrected chi connectivity index (χ1v) is 8.85. The summed E-state index contributed by atoms with van der Waals surface area (Å²) < 4.78 is 13.7. The van der Waals surface area contributed by atoms with Crippen LogP contribution in [0.25, 0.3) is 5.69 Å². The lowest BCUT2D eigenvalue weighted by Gasteiger charge is -2.30. The van der Waals surface area contributed by atoms with E-state index in [9.17, 15) is 0 Å². The molecule has 1 aliphatic heterocycles. The smallest absolute Gasteiger partial charge is 0.134 e. The Morgan fingerprint density at radius 3 is 2.59 bits per heavy atom. The third kappa shape index (κ3) is 3.55. The number of imidazole rings is 1. The molecule has 0 spiro atoms. The van der Waals surface area contributed by atoms with E-state index in [2.05, 4.69) is 22.1 Å². The molecule has 0 bridgehead atoms. The molecular weight excluding hydrogens is 338 g/mol. The number of hydrogen-bond acceptors (Lipinski definition) is 4. The fraction of sp³-hybridized carbons (Fsp3) is 0.182. The number of hydrogen-bond donors (Lipinski definition) is 0. The molecule has 3 aromatic rings. The molecular formula is C22H21N3O2. The van der Waals surface area contributed by atoms with Gasteiger partial charge in [0.15, 0.2) is 0 Å². The Balaban J connectivity index is 1.54. The van der Waals surface area contributed by atoms with Gasteiger partial charge >= 0.3 is 0 Å². The van der Waals surface area contributed by atoms with Crippen molar-refractivity contribution < 1.29 is 9.47 Å². The second-order valence-electron chi connectivity index (χ2n) is 6.36. The normalized spacial score (nSPS) is 18.6. The van der Waals surface area contributed by atoms with E-state index in [4.69, 9.17) is 9.47 Å². The molecule has 5 heteroatoms. The Hall–Kier alpha value is -3.18. The minimum Gasteiger partial charge on any atom is -0.489 e. The number of benzene rings is 2. The molecule has 1 atom stereocenters. The summed E-state index contributed by atoms with van der Waals surface area (Å²) in [6, 6.07) is 18.1. The summed E-state index contributed by atoms with van der Waals surface area (Å²) in [5, 5.41) is 0. The molecule has 136 valence electrons. The summed E-state index contributed by atoms with van der Waals surface area (Å²) in [4.78, 5) is 8.50. The zero-order valence-corrected chi connectivity index (χ0v) is 15.2. The number of ether oxygens (including phenoxy) is 2. The molecule has 0 aliphatic carbocycles. The summed E-state index contributed by atoms with van der Waals surface area (Å²) in [5.74, 6) is 0.829. The Morgan fingerprint density at radius 2 is 1.89 bits per heavy atom. The van der Waals surface area contributed by atoms with Crippen LogP contribution in [0.2, 0.25) is 0 Å². The molecule has 1 aliphatic rings.